The summed E-state index contributed by atoms with van der Waals surface area (Å²) in [6, 6.07) is 29.8. The van der Waals surface area contributed by atoms with Crippen LogP contribution >= 0.6 is 15.9 Å². The molecule has 3 nitrogen and oxygen atoms in total. The Morgan fingerprint density at radius 2 is 1.68 bits per heavy atom. The normalized spacial score (nSPS) is 12.8. The van der Waals surface area contributed by atoms with Gasteiger partial charge in [-0.2, -0.15) is 0 Å². The number of hydrogen-bond donors (Lipinski definition) is 0. The lowest BCUT2D eigenvalue weighted by Crippen LogP contribution is -2.14. The molecule has 0 radical (unpaired) electrons. The third-order valence-electron chi connectivity index (χ3n) is 6.04. The Morgan fingerprint density at radius 1 is 0.971 bits per heavy atom. The molecule has 0 aliphatic heterocycles. The highest BCUT2D eigenvalue weighted by Gasteiger charge is 2.24. The van der Waals surface area contributed by atoms with Gasteiger partial charge in [-0.15, -0.1) is 0 Å². The van der Waals surface area contributed by atoms with Crippen LogP contribution in [0.15, 0.2) is 101 Å². The van der Waals surface area contributed by atoms with Crippen LogP contribution in [0.3, 0.4) is 0 Å². The first-order valence-electron chi connectivity index (χ1n) is 11.6. The fraction of sp³-hybridized carbons (Fsp3) is 0.233. The number of benzene rings is 3. The van der Waals surface area contributed by atoms with Crippen molar-refractivity contribution in [1.29, 1.82) is 0 Å². The van der Waals surface area contributed by atoms with E-state index in [9.17, 15) is 0 Å². The molecule has 0 aliphatic rings. The molecule has 3 aromatic carbocycles. The number of likely N-dealkylation sites (N-methyl/N-ethyl adjacent to an activating group) is 1. The number of halogens is 1. The lowest BCUT2D eigenvalue weighted by Gasteiger charge is -2.25. The Balaban J connectivity index is 1.85. The van der Waals surface area contributed by atoms with Gasteiger partial charge in [0, 0.05) is 27.9 Å². The molecule has 4 heteroatoms. The van der Waals surface area contributed by atoms with Crippen molar-refractivity contribution in [2.24, 2.45) is 0 Å². The molecule has 0 amide bonds. The summed E-state index contributed by atoms with van der Waals surface area (Å²) in [5, 5.41) is 1.10. The number of aromatic nitrogens is 1. The topological polar surface area (TPSA) is 25.4 Å². The second-order valence-electron chi connectivity index (χ2n) is 8.79. The van der Waals surface area contributed by atoms with E-state index in [0.29, 0.717) is 5.88 Å². The second kappa shape index (κ2) is 11.5. The van der Waals surface area contributed by atoms with Gasteiger partial charge in [0.25, 0.3) is 0 Å². The van der Waals surface area contributed by atoms with E-state index in [1.807, 2.05) is 12.1 Å². The van der Waals surface area contributed by atoms with Gasteiger partial charge in [0.15, 0.2) is 0 Å². The van der Waals surface area contributed by atoms with Gasteiger partial charge in [-0.3, -0.25) is 0 Å². The summed E-state index contributed by atoms with van der Waals surface area (Å²) >= 11 is 3.62. The SMILES string of the molecule is COc1nc2ccc(Br)cc2cc1C(C(=CCN(C)C)CCc1ccccc1)c1ccccc1. The molecule has 174 valence electrons. The molecule has 1 heterocycles. The monoisotopic (exact) mass is 514 g/mol. The molecule has 0 saturated carbocycles. The Labute approximate surface area is 211 Å². The molecular formula is C30H31BrN2O. The maximum Gasteiger partial charge on any atom is 0.217 e. The molecule has 4 aromatic rings. The standard InChI is InChI=1S/C30H31BrN2O/c1-33(2)19-18-24(15-14-22-10-6-4-7-11-22)29(23-12-8-5-9-13-23)27-21-25-20-26(31)16-17-28(25)32-30(27)34-3/h4-13,16-18,20-21,29H,14-15,19H2,1-3H3. The Hall–Kier alpha value is -2.95. The molecule has 34 heavy (non-hydrogen) atoms. The molecule has 0 fully saturated rings. The van der Waals surface area contributed by atoms with Crippen LogP contribution in [0.2, 0.25) is 0 Å². The number of rotatable bonds is 9. The van der Waals surface area contributed by atoms with E-state index in [1.54, 1.807) is 7.11 Å². The highest BCUT2D eigenvalue weighted by molar-refractivity contribution is 9.10. The molecule has 1 aromatic heterocycles. The zero-order chi connectivity index (χ0) is 23.9. The maximum absolute atomic E-state index is 5.86. The number of methoxy groups -OCH3 is 1. The summed E-state index contributed by atoms with van der Waals surface area (Å²) in [5.41, 5.74) is 5.99. The third kappa shape index (κ3) is 5.94. The summed E-state index contributed by atoms with van der Waals surface area (Å²) in [4.78, 5) is 7.10. The average Bonchev–Trinajstić information content (AvgIpc) is 2.86. The predicted octanol–water partition coefficient (Wildman–Crippen LogP) is 7.26. The van der Waals surface area contributed by atoms with Crippen molar-refractivity contribution in [2.75, 3.05) is 27.7 Å². The molecule has 0 bridgehead atoms. The van der Waals surface area contributed by atoms with Crippen LogP contribution in [0.1, 0.15) is 29.0 Å². The maximum atomic E-state index is 5.86. The van der Waals surface area contributed by atoms with Crippen LogP contribution in [-0.2, 0) is 6.42 Å². The zero-order valence-corrected chi connectivity index (χ0v) is 21.6. The van der Waals surface area contributed by atoms with Crippen LogP contribution in [0.25, 0.3) is 10.9 Å². The van der Waals surface area contributed by atoms with Gasteiger partial charge in [0.2, 0.25) is 5.88 Å². The summed E-state index contributed by atoms with van der Waals surface area (Å²) < 4.78 is 6.91. The summed E-state index contributed by atoms with van der Waals surface area (Å²) in [7, 11) is 5.93. The van der Waals surface area contributed by atoms with E-state index in [0.717, 1.165) is 40.3 Å². The van der Waals surface area contributed by atoms with E-state index >= 15 is 0 Å². The van der Waals surface area contributed by atoms with Crippen LogP contribution in [0, 0.1) is 0 Å². The number of nitrogens with zero attached hydrogens (tertiary/aromatic N) is 2. The quantitative estimate of drug-likeness (QED) is 0.220. The van der Waals surface area contributed by atoms with Crippen LogP contribution in [0.5, 0.6) is 5.88 Å². The fourth-order valence-corrected chi connectivity index (χ4v) is 4.73. The first-order valence-corrected chi connectivity index (χ1v) is 12.4. The summed E-state index contributed by atoms with van der Waals surface area (Å²) in [6.07, 6.45) is 4.32. The van der Waals surface area contributed by atoms with Gasteiger partial charge in [0.1, 0.15) is 0 Å². The smallest absolute Gasteiger partial charge is 0.217 e. The predicted molar refractivity (Wildman–Crippen MR) is 146 cm³/mol. The van der Waals surface area contributed by atoms with E-state index in [1.165, 1.54) is 16.7 Å². The summed E-state index contributed by atoms with van der Waals surface area (Å²) in [5.74, 6) is 0.731. The molecule has 1 atom stereocenters. The van der Waals surface area contributed by atoms with Gasteiger partial charge in [-0.1, -0.05) is 88.2 Å². The first-order chi connectivity index (χ1) is 16.5. The molecule has 0 saturated heterocycles. The minimum atomic E-state index is 0.0516. The van der Waals surface area contributed by atoms with Gasteiger partial charge >= 0.3 is 0 Å². The van der Waals surface area contributed by atoms with E-state index < -0.39 is 0 Å². The molecular weight excluding hydrogens is 484 g/mol. The van der Waals surface area contributed by atoms with Crippen LogP contribution in [-0.4, -0.2) is 37.6 Å². The fourth-order valence-electron chi connectivity index (χ4n) is 4.35. The average molecular weight is 515 g/mol. The highest BCUT2D eigenvalue weighted by Crippen LogP contribution is 2.40. The summed E-state index contributed by atoms with van der Waals surface area (Å²) in [6.45, 7) is 0.877. The third-order valence-corrected chi connectivity index (χ3v) is 6.53. The van der Waals surface area contributed by atoms with E-state index in [-0.39, 0.29) is 5.92 Å². The number of hydrogen-bond acceptors (Lipinski definition) is 3. The second-order valence-corrected chi connectivity index (χ2v) is 9.71. The minimum absolute atomic E-state index is 0.0516. The molecule has 0 N–H and O–H groups in total. The lowest BCUT2D eigenvalue weighted by molar-refractivity contribution is 0.393. The minimum Gasteiger partial charge on any atom is -0.481 e. The lowest BCUT2D eigenvalue weighted by atomic mass is 9.82. The van der Waals surface area contributed by atoms with Gasteiger partial charge < -0.3 is 9.64 Å². The van der Waals surface area contributed by atoms with E-state index in [2.05, 4.69) is 114 Å². The molecule has 0 aliphatic carbocycles. The number of allylic oxidation sites excluding steroid dienone is 1. The molecule has 4 rings (SSSR count). The molecule has 0 spiro atoms. The van der Waals surface area contributed by atoms with Gasteiger partial charge in [0.05, 0.1) is 12.6 Å². The van der Waals surface area contributed by atoms with Gasteiger partial charge in [-0.05, 0) is 62.3 Å². The van der Waals surface area contributed by atoms with Crippen molar-refractivity contribution in [2.45, 2.75) is 18.8 Å². The first kappa shape index (κ1) is 24.2. The van der Waals surface area contributed by atoms with Crippen LogP contribution < -0.4 is 4.74 Å². The number of aryl methyl sites for hydroxylation is 1. The van der Waals surface area contributed by atoms with Crippen molar-refractivity contribution >= 4 is 26.8 Å². The number of ether oxygens (including phenoxy) is 1. The Kier molecular flexibility index (Phi) is 8.15. The van der Waals surface area contributed by atoms with Crippen molar-refractivity contribution in [3.05, 3.63) is 118 Å². The van der Waals surface area contributed by atoms with E-state index in [4.69, 9.17) is 9.72 Å². The van der Waals surface area contributed by atoms with Crippen molar-refractivity contribution in [3.63, 3.8) is 0 Å². The Bertz CT molecular complexity index is 1250. The van der Waals surface area contributed by atoms with Crippen molar-refractivity contribution in [1.82, 2.24) is 9.88 Å². The van der Waals surface area contributed by atoms with Crippen molar-refractivity contribution in [3.8, 4) is 5.88 Å². The molecule has 1 unspecified atom stereocenters. The highest BCUT2D eigenvalue weighted by atomic mass is 79.9. The Morgan fingerprint density at radius 3 is 2.35 bits per heavy atom. The van der Waals surface area contributed by atoms with Crippen LogP contribution in [0.4, 0.5) is 0 Å². The largest absolute Gasteiger partial charge is 0.481 e. The van der Waals surface area contributed by atoms with Gasteiger partial charge in [-0.25, -0.2) is 4.98 Å². The van der Waals surface area contributed by atoms with Crippen molar-refractivity contribution < 1.29 is 4.74 Å². The number of pyridine rings is 1. The number of fused-ring (bicyclic) bond motifs is 1. The zero-order valence-electron chi connectivity index (χ0n) is 20.0.